The van der Waals surface area contributed by atoms with Crippen LogP contribution in [0.3, 0.4) is 0 Å². The topological polar surface area (TPSA) is 196 Å². The number of ether oxygens (including phenoxy) is 3. The zero-order valence-electron chi connectivity index (χ0n) is 39.0. The third kappa shape index (κ3) is 13.8. The summed E-state index contributed by atoms with van der Waals surface area (Å²) >= 11 is 0. The van der Waals surface area contributed by atoms with E-state index in [4.69, 9.17) is 14.2 Å². The van der Waals surface area contributed by atoms with Crippen molar-refractivity contribution >= 4 is 46.7 Å². The Morgan fingerprint density at radius 2 is 1.74 bits per heavy atom. The van der Waals surface area contributed by atoms with Gasteiger partial charge in [-0.3, -0.25) is 33.9 Å². The van der Waals surface area contributed by atoms with E-state index in [9.17, 15) is 28.4 Å². The third-order valence-corrected chi connectivity index (χ3v) is 11.6. The minimum absolute atomic E-state index is 0.0170. The van der Waals surface area contributed by atoms with E-state index in [1.807, 2.05) is 24.1 Å². The quantitative estimate of drug-likeness (QED) is 0.0221. The summed E-state index contributed by atoms with van der Waals surface area (Å²) in [5.41, 5.74) is 4.56. The van der Waals surface area contributed by atoms with Crippen LogP contribution in [0.5, 0.6) is 5.75 Å². The van der Waals surface area contributed by atoms with E-state index in [0.29, 0.717) is 73.1 Å². The minimum Gasteiger partial charge on any atom is -0.494 e. The Labute approximate surface area is 396 Å². The van der Waals surface area contributed by atoms with Crippen molar-refractivity contribution in [2.75, 3.05) is 70.3 Å². The molecule has 1 unspecified atom stereocenters. The van der Waals surface area contributed by atoms with Gasteiger partial charge in [-0.25, -0.2) is 19.3 Å². The second-order valence-corrected chi connectivity index (χ2v) is 16.3. The summed E-state index contributed by atoms with van der Waals surface area (Å²) in [6.45, 7) is 12.2. The van der Waals surface area contributed by atoms with E-state index in [2.05, 4.69) is 56.2 Å². The number of anilines is 2. The van der Waals surface area contributed by atoms with Gasteiger partial charge in [0.1, 0.15) is 36.2 Å². The number of likely N-dealkylation sites (N-methyl/N-ethyl adjacent to an activating group) is 1. The van der Waals surface area contributed by atoms with Crippen LogP contribution in [0.2, 0.25) is 0 Å². The number of aromatic nitrogens is 2. The average Bonchev–Trinajstić information content (AvgIpc) is 3.68. The van der Waals surface area contributed by atoms with Crippen LogP contribution in [0, 0.1) is 5.82 Å². The van der Waals surface area contributed by atoms with Gasteiger partial charge in [-0.2, -0.15) is 0 Å². The van der Waals surface area contributed by atoms with Gasteiger partial charge in [0.25, 0.3) is 11.8 Å². The fourth-order valence-corrected chi connectivity index (χ4v) is 7.88. The van der Waals surface area contributed by atoms with Gasteiger partial charge in [0.2, 0.25) is 17.7 Å². The van der Waals surface area contributed by atoms with E-state index < -0.39 is 17.8 Å². The van der Waals surface area contributed by atoms with E-state index >= 15 is 0 Å². The molecule has 2 aliphatic heterocycles. The zero-order chi connectivity index (χ0) is 48.4. The van der Waals surface area contributed by atoms with Crippen LogP contribution in [0.1, 0.15) is 89.9 Å². The number of hydrogen-bond acceptors (Lipinski definition) is 11. The van der Waals surface area contributed by atoms with Gasteiger partial charge in [-0.05, 0) is 101 Å². The Balaban J connectivity index is 0.824. The van der Waals surface area contributed by atoms with Crippen LogP contribution in [0.15, 0.2) is 91.5 Å². The number of amides is 5. The first-order chi connectivity index (χ1) is 33.0. The number of fused-ring (bicyclic) bond motifs is 1. The van der Waals surface area contributed by atoms with Gasteiger partial charge < -0.3 is 35.1 Å². The van der Waals surface area contributed by atoms with E-state index in [0.717, 1.165) is 55.3 Å². The number of halogens is 1. The SMILES string of the molecule is C=C(CNc1cccc(C(=O)NCc2cc(OCCCCCOCCCOCC(=O)Nc3cccc4c3CN(C3CCC(=O)NC3=O)C4=O)ccc2F)c1)N(C)C(c1ccncn1)=[N+](CC)CC. The second kappa shape index (κ2) is 25.2. The average molecular weight is 935 g/mol. The van der Waals surface area contributed by atoms with Gasteiger partial charge in [0.15, 0.2) is 5.69 Å². The first-order valence-electron chi connectivity index (χ1n) is 23.0. The molecule has 0 aliphatic carbocycles. The fraction of sp³-hybridized carbons (Fsp3) is 0.400. The summed E-state index contributed by atoms with van der Waals surface area (Å²) in [6.07, 6.45) is 6.70. The largest absolute Gasteiger partial charge is 0.494 e. The highest BCUT2D eigenvalue weighted by molar-refractivity contribution is 6.07. The molecule has 360 valence electrons. The molecule has 0 saturated carbocycles. The highest BCUT2D eigenvalue weighted by Crippen LogP contribution is 2.32. The smallest absolute Gasteiger partial charge is 0.302 e. The summed E-state index contributed by atoms with van der Waals surface area (Å²) in [6, 6.07) is 17.8. The standard InChI is InChI=1S/C50H60FN9O8/c1-5-59(6-2)49(43-21-22-52-33-55-43)58(4)34(3)29-53-37-14-10-13-35(27-37)47(63)54-30-36-28-38(17-18-41(36)51)68-26-9-7-8-23-66-24-12-25-67-32-46(62)56-42-16-11-15-39-40(42)31-60(50(39)65)44-19-20-45(61)57-48(44)64/h10-11,13-18,21-22,27-28,33,44,53H,3,5-9,12,19-20,23-26,29-32H2,1-2,4H3,(H2-,54,56,57,61,62,63,64)/p+1. The number of nitrogens with one attached hydrogen (secondary N) is 4. The first kappa shape index (κ1) is 50.4. The molecule has 0 spiro atoms. The molecule has 18 heteroatoms. The molecular formula is C50H61FN9O8+. The molecule has 3 heterocycles. The van der Waals surface area contributed by atoms with Crippen LogP contribution < -0.4 is 26.0 Å². The fourth-order valence-electron chi connectivity index (χ4n) is 7.88. The Bertz CT molecular complexity index is 2460. The number of imide groups is 1. The predicted octanol–water partition coefficient (Wildman–Crippen LogP) is 5.27. The highest BCUT2D eigenvalue weighted by atomic mass is 19.1. The Morgan fingerprint density at radius 3 is 2.51 bits per heavy atom. The molecule has 4 aromatic rings. The van der Waals surface area contributed by atoms with Gasteiger partial charge in [-0.1, -0.05) is 18.7 Å². The number of amidine groups is 1. The van der Waals surface area contributed by atoms with Gasteiger partial charge >= 0.3 is 5.84 Å². The maximum absolute atomic E-state index is 14.8. The van der Waals surface area contributed by atoms with Crippen molar-refractivity contribution in [2.24, 2.45) is 0 Å². The van der Waals surface area contributed by atoms with Crippen LogP contribution >= 0.6 is 0 Å². The molecule has 5 amide bonds. The Hall–Kier alpha value is -7.05. The van der Waals surface area contributed by atoms with Gasteiger partial charge in [0.05, 0.1) is 33.3 Å². The zero-order valence-corrected chi connectivity index (χ0v) is 39.0. The molecule has 1 aromatic heterocycles. The van der Waals surface area contributed by atoms with Gasteiger partial charge in [0, 0.05) is 79.2 Å². The highest BCUT2D eigenvalue weighted by Gasteiger charge is 2.40. The van der Waals surface area contributed by atoms with Crippen LogP contribution in [0.4, 0.5) is 15.8 Å². The Kier molecular flexibility index (Phi) is 18.7. The molecule has 3 aromatic carbocycles. The summed E-state index contributed by atoms with van der Waals surface area (Å²) in [4.78, 5) is 74.8. The summed E-state index contributed by atoms with van der Waals surface area (Å²) < 4.78 is 34.1. The van der Waals surface area contributed by atoms with E-state index in [1.165, 1.54) is 17.3 Å². The number of unbranched alkanes of at least 4 members (excludes halogenated alkanes) is 2. The lowest BCUT2D eigenvalue weighted by Crippen LogP contribution is -2.52. The van der Waals surface area contributed by atoms with E-state index in [-0.39, 0.29) is 56.2 Å². The van der Waals surface area contributed by atoms with Crippen molar-refractivity contribution in [1.82, 2.24) is 30.4 Å². The molecule has 2 aliphatic rings. The van der Waals surface area contributed by atoms with Crippen LogP contribution in [0.25, 0.3) is 0 Å². The number of rotatable bonds is 25. The normalized spacial score (nSPS) is 14.2. The predicted molar refractivity (Wildman–Crippen MR) is 254 cm³/mol. The second-order valence-electron chi connectivity index (χ2n) is 16.3. The minimum atomic E-state index is -0.741. The molecule has 0 radical (unpaired) electrons. The molecule has 0 bridgehead atoms. The molecule has 1 saturated heterocycles. The number of piperidine rings is 1. The lowest BCUT2D eigenvalue weighted by molar-refractivity contribution is -0.524. The van der Waals surface area contributed by atoms with Crippen molar-refractivity contribution < 1.29 is 47.1 Å². The summed E-state index contributed by atoms with van der Waals surface area (Å²) in [5.74, 6) is -0.890. The lowest BCUT2D eigenvalue weighted by Gasteiger charge is -2.29. The molecular weight excluding hydrogens is 874 g/mol. The number of carbonyl (C=O) groups excluding carboxylic acids is 5. The van der Waals surface area contributed by atoms with Gasteiger partial charge in [-0.15, -0.1) is 0 Å². The maximum atomic E-state index is 14.8. The molecule has 17 nitrogen and oxygen atoms in total. The first-order valence-corrected chi connectivity index (χ1v) is 23.0. The molecule has 1 atom stereocenters. The number of carbonyl (C=O) groups is 5. The monoisotopic (exact) mass is 934 g/mol. The van der Waals surface area contributed by atoms with E-state index in [1.54, 1.807) is 54.7 Å². The van der Waals surface area contributed by atoms with Crippen LogP contribution in [-0.2, 0) is 36.9 Å². The summed E-state index contributed by atoms with van der Waals surface area (Å²) in [7, 11) is 1.95. The summed E-state index contributed by atoms with van der Waals surface area (Å²) in [5, 5.41) is 11.3. The van der Waals surface area contributed by atoms with Crippen molar-refractivity contribution in [1.29, 1.82) is 0 Å². The molecule has 1 fully saturated rings. The van der Waals surface area contributed by atoms with Crippen molar-refractivity contribution in [3.8, 4) is 5.75 Å². The maximum Gasteiger partial charge on any atom is 0.302 e. The third-order valence-electron chi connectivity index (χ3n) is 11.6. The number of nitrogens with zero attached hydrogens (tertiary/aromatic N) is 5. The lowest BCUT2D eigenvalue weighted by atomic mass is 10.0. The van der Waals surface area contributed by atoms with Crippen molar-refractivity contribution in [2.45, 2.75) is 71.5 Å². The Morgan fingerprint density at radius 1 is 0.956 bits per heavy atom. The molecule has 4 N–H and O–H groups in total. The number of benzene rings is 3. The molecule has 6 rings (SSSR count). The number of hydrogen-bond donors (Lipinski definition) is 4. The van der Waals surface area contributed by atoms with Crippen molar-refractivity contribution in [3.05, 3.63) is 125 Å². The molecule has 68 heavy (non-hydrogen) atoms. The van der Waals surface area contributed by atoms with Crippen LogP contribution in [-0.4, -0.2) is 125 Å². The van der Waals surface area contributed by atoms with Crippen molar-refractivity contribution in [3.63, 3.8) is 0 Å².